The number of anilines is 2. The molecule has 10 heteroatoms. The van der Waals surface area contributed by atoms with Crippen LogP contribution >= 0.6 is 0 Å². The molecule has 158 valence electrons. The van der Waals surface area contributed by atoms with Gasteiger partial charge in [0.05, 0.1) is 12.7 Å². The molecule has 4 aromatic rings. The van der Waals surface area contributed by atoms with Crippen LogP contribution in [-0.4, -0.2) is 53.1 Å². The minimum Gasteiger partial charge on any atom is -0.371 e. The summed E-state index contributed by atoms with van der Waals surface area (Å²) in [7, 11) is 3.70. The van der Waals surface area contributed by atoms with Crippen LogP contribution in [0, 0.1) is 0 Å². The quantitative estimate of drug-likeness (QED) is 0.364. The van der Waals surface area contributed by atoms with Gasteiger partial charge >= 0.3 is 0 Å². The van der Waals surface area contributed by atoms with E-state index in [9.17, 15) is 0 Å². The molecular weight excluding hydrogens is 380 g/mol. The molecule has 0 aromatic carbocycles. The van der Waals surface area contributed by atoms with Gasteiger partial charge in [0.15, 0.2) is 22.9 Å². The van der Waals surface area contributed by atoms with Crippen molar-refractivity contribution >= 4 is 34.0 Å². The molecule has 0 amide bonds. The average molecular weight is 409 g/mol. The third-order valence-corrected chi connectivity index (χ3v) is 5.32. The lowest BCUT2D eigenvalue weighted by molar-refractivity contribution is 0.536. The van der Waals surface area contributed by atoms with Gasteiger partial charge in [0.2, 0.25) is 0 Å². The molecule has 0 aliphatic heterocycles. The van der Waals surface area contributed by atoms with E-state index in [4.69, 9.17) is 0 Å². The summed E-state index contributed by atoms with van der Waals surface area (Å²) in [6, 6.07) is 0. The minimum absolute atomic E-state index is 0.776. The van der Waals surface area contributed by atoms with Crippen LogP contribution in [0.15, 0.2) is 25.3 Å². The van der Waals surface area contributed by atoms with Crippen molar-refractivity contribution in [1.29, 1.82) is 0 Å². The molecular formula is C20H28N10. The molecule has 4 rings (SSSR count). The first kappa shape index (κ1) is 20.0. The first-order valence-corrected chi connectivity index (χ1v) is 10.5. The molecule has 0 saturated carbocycles. The fourth-order valence-corrected chi connectivity index (χ4v) is 3.73. The first-order chi connectivity index (χ1) is 14.8. The van der Waals surface area contributed by atoms with Gasteiger partial charge in [-0.1, -0.05) is 25.7 Å². The summed E-state index contributed by atoms with van der Waals surface area (Å²) in [5.41, 5.74) is 3.46. The van der Waals surface area contributed by atoms with E-state index in [0.29, 0.717) is 0 Å². The summed E-state index contributed by atoms with van der Waals surface area (Å²) in [6.07, 6.45) is 14.0. The molecule has 0 radical (unpaired) electrons. The predicted molar refractivity (Wildman–Crippen MR) is 117 cm³/mol. The number of imidazole rings is 2. The summed E-state index contributed by atoms with van der Waals surface area (Å²) < 4.78 is 4.23. The summed E-state index contributed by atoms with van der Waals surface area (Å²) in [5.74, 6) is 1.55. The van der Waals surface area contributed by atoms with Crippen LogP contribution in [0.1, 0.15) is 38.5 Å². The molecule has 30 heavy (non-hydrogen) atoms. The van der Waals surface area contributed by atoms with Crippen molar-refractivity contribution in [2.75, 3.05) is 24.7 Å². The van der Waals surface area contributed by atoms with Crippen LogP contribution in [0.25, 0.3) is 22.3 Å². The van der Waals surface area contributed by atoms with Crippen LogP contribution in [0.3, 0.4) is 0 Å². The van der Waals surface area contributed by atoms with E-state index >= 15 is 0 Å². The van der Waals surface area contributed by atoms with E-state index in [-0.39, 0.29) is 0 Å². The average Bonchev–Trinajstić information content (AvgIpc) is 3.39. The van der Waals surface area contributed by atoms with Crippen molar-refractivity contribution in [3.63, 3.8) is 0 Å². The molecule has 0 spiro atoms. The predicted octanol–water partition coefficient (Wildman–Crippen LogP) is 3.09. The zero-order valence-electron chi connectivity index (χ0n) is 17.5. The molecule has 10 nitrogen and oxygen atoms in total. The second kappa shape index (κ2) is 9.47. The zero-order valence-corrected chi connectivity index (χ0v) is 17.5. The van der Waals surface area contributed by atoms with Gasteiger partial charge in [0, 0.05) is 27.2 Å². The molecule has 2 N–H and O–H groups in total. The number of fused-ring (bicyclic) bond motifs is 2. The Kier molecular flexibility index (Phi) is 6.31. The Morgan fingerprint density at radius 3 is 1.47 bits per heavy atom. The number of aromatic nitrogens is 8. The van der Waals surface area contributed by atoms with Crippen molar-refractivity contribution in [3.05, 3.63) is 25.3 Å². The van der Waals surface area contributed by atoms with E-state index in [0.717, 1.165) is 59.9 Å². The van der Waals surface area contributed by atoms with E-state index in [2.05, 4.69) is 49.7 Å². The Bertz CT molecular complexity index is 1010. The lowest BCUT2D eigenvalue weighted by Gasteiger charge is -2.06. The van der Waals surface area contributed by atoms with Crippen molar-refractivity contribution in [3.8, 4) is 0 Å². The number of hydrogen-bond acceptors (Lipinski definition) is 8. The Morgan fingerprint density at radius 2 is 1.03 bits per heavy atom. The summed E-state index contributed by atoms with van der Waals surface area (Å²) in [4.78, 5) is 26.0. The number of nitrogens with zero attached hydrogens (tertiary/aromatic N) is 8. The van der Waals surface area contributed by atoms with Crippen molar-refractivity contribution in [2.45, 2.75) is 51.6 Å². The standard InChI is InChI=1S/C20H28N10/c1-21-17-15-19(25-11-23-17)29(13-27-15)9-7-5-3-4-6-8-10-30-14-28-16-18(22-2)24-12-26-20(16)30/h11-14H,3-10H2,1-2H3,(H,21,23,25)(H,22,24,26). The number of hydrogen-bond donors (Lipinski definition) is 2. The Morgan fingerprint density at radius 1 is 0.600 bits per heavy atom. The molecule has 0 bridgehead atoms. The summed E-state index contributed by atoms with van der Waals surface area (Å²) in [5, 5.41) is 6.12. The normalized spacial score (nSPS) is 11.4. The Balaban J connectivity index is 1.16. The molecule has 4 aromatic heterocycles. The Labute approximate surface area is 175 Å². The van der Waals surface area contributed by atoms with Crippen LogP contribution in [0.2, 0.25) is 0 Å². The van der Waals surface area contributed by atoms with E-state index in [1.807, 2.05) is 26.7 Å². The SMILES string of the molecule is CNc1ncnc2c1ncn2CCCCCCCCn1cnc2c(NC)ncnc21. The van der Waals surface area contributed by atoms with Gasteiger partial charge in [-0.15, -0.1) is 0 Å². The molecule has 0 atom stereocenters. The zero-order chi connectivity index (χ0) is 20.8. The molecule has 4 heterocycles. The minimum atomic E-state index is 0.776. The van der Waals surface area contributed by atoms with Gasteiger partial charge in [0.1, 0.15) is 23.7 Å². The van der Waals surface area contributed by atoms with Crippen LogP contribution < -0.4 is 10.6 Å². The third kappa shape index (κ3) is 4.17. The Hall–Kier alpha value is -3.30. The fourth-order valence-electron chi connectivity index (χ4n) is 3.73. The van der Waals surface area contributed by atoms with Gasteiger partial charge in [0.25, 0.3) is 0 Å². The van der Waals surface area contributed by atoms with Gasteiger partial charge in [-0.25, -0.2) is 29.9 Å². The maximum absolute atomic E-state index is 4.44. The number of unbranched alkanes of at least 4 members (excludes halogenated alkanes) is 5. The van der Waals surface area contributed by atoms with Gasteiger partial charge < -0.3 is 19.8 Å². The highest BCUT2D eigenvalue weighted by Crippen LogP contribution is 2.19. The van der Waals surface area contributed by atoms with Crippen molar-refractivity contribution in [2.24, 2.45) is 0 Å². The third-order valence-electron chi connectivity index (χ3n) is 5.32. The molecule has 0 aliphatic rings. The van der Waals surface area contributed by atoms with Gasteiger partial charge in [-0.3, -0.25) is 0 Å². The first-order valence-electron chi connectivity index (χ1n) is 10.5. The largest absolute Gasteiger partial charge is 0.371 e. The highest BCUT2D eigenvalue weighted by molar-refractivity contribution is 5.83. The monoisotopic (exact) mass is 408 g/mol. The maximum atomic E-state index is 4.44. The lowest BCUT2D eigenvalue weighted by Crippen LogP contribution is -2.00. The van der Waals surface area contributed by atoms with Gasteiger partial charge in [-0.2, -0.15) is 0 Å². The smallest absolute Gasteiger partial charge is 0.165 e. The van der Waals surface area contributed by atoms with Crippen LogP contribution in [-0.2, 0) is 13.1 Å². The molecule has 0 aliphatic carbocycles. The number of rotatable bonds is 11. The highest BCUT2D eigenvalue weighted by atomic mass is 15.1. The van der Waals surface area contributed by atoms with Crippen molar-refractivity contribution < 1.29 is 0 Å². The molecule has 0 saturated heterocycles. The molecule has 0 fully saturated rings. The maximum Gasteiger partial charge on any atom is 0.165 e. The second-order valence-corrected chi connectivity index (χ2v) is 7.29. The lowest BCUT2D eigenvalue weighted by atomic mass is 10.1. The topological polar surface area (TPSA) is 111 Å². The van der Waals surface area contributed by atoms with E-state index in [1.54, 1.807) is 12.7 Å². The van der Waals surface area contributed by atoms with Crippen LogP contribution in [0.4, 0.5) is 11.6 Å². The van der Waals surface area contributed by atoms with Crippen LogP contribution in [0.5, 0.6) is 0 Å². The highest BCUT2D eigenvalue weighted by Gasteiger charge is 2.09. The summed E-state index contributed by atoms with van der Waals surface area (Å²) >= 11 is 0. The van der Waals surface area contributed by atoms with Crippen molar-refractivity contribution in [1.82, 2.24) is 39.0 Å². The number of aryl methyl sites for hydroxylation is 2. The number of nitrogens with one attached hydrogen (secondary N) is 2. The second-order valence-electron chi connectivity index (χ2n) is 7.29. The fraction of sp³-hybridized carbons (Fsp3) is 0.500. The van der Waals surface area contributed by atoms with E-state index < -0.39 is 0 Å². The molecule has 0 unspecified atom stereocenters. The summed E-state index contributed by atoms with van der Waals surface area (Å²) in [6.45, 7) is 1.87. The van der Waals surface area contributed by atoms with E-state index in [1.165, 1.54) is 25.7 Å². The van der Waals surface area contributed by atoms with Gasteiger partial charge in [-0.05, 0) is 12.8 Å².